The van der Waals surface area contributed by atoms with Crippen LogP contribution in [0, 0.1) is 5.92 Å². The lowest BCUT2D eigenvalue weighted by atomic mass is 10.1. The van der Waals surface area contributed by atoms with E-state index in [-0.39, 0.29) is 13.3 Å². The van der Waals surface area contributed by atoms with Crippen molar-refractivity contribution in [2.24, 2.45) is 17.4 Å². The minimum absolute atomic E-state index is 0.120. The lowest BCUT2D eigenvalue weighted by Gasteiger charge is -2.05. The van der Waals surface area contributed by atoms with Gasteiger partial charge in [0.05, 0.1) is 6.54 Å². The molecule has 10 nitrogen and oxygen atoms in total. The molecule has 0 radical (unpaired) electrons. The van der Waals surface area contributed by atoms with Crippen molar-refractivity contribution in [1.82, 2.24) is 16.0 Å². The highest BCUT2D eigenvalue weighted by molar-refractivity contribution is 5.79. The van der Waals surface area contributed by atoms with Crippen LogP contribution in [-0.2, 0) is 19.1 Å². The fourth-order valence-electron chi connectivity index (χ4n) is 0.663. The maximum atomic E-state index is 10.7. The lowest BCUT2D eigenvalue weighted by Crippen LogP contribution is -2.35. The number of urea groups is 1. The molecule has 0 aromatic rings. The van der Waals surface area contributed by atoms with Crippen molar-refractivity contribution in [1.29, 1.82) is 0 Å². The molecule has 0 aromatic heterocycles. The molecule has 0 aliphatic rings. The van der Waals surface area contributed by atoms with Crippen LogP contribution in [-0.4, -0.2) is 50.2 Å². The third kappa shape index (κ3) is 34.1. The van der Waals surface area contributed by atoms with E-state index >= 15 is 0 Å². The number of ether oxygens (including phenoxy) is 1. The topological polar surface area (TPSA) is 166 Å². The summed E-state index contributed by atoms with van der Waals surface area (Å²) in [5, 5.41) is 6.83. The maximum Gasteiger partial charge on any atom is 0.312 e. The predicted molar refractivity (Wildman–Crippen MR) is 95.2 cm³/mol. The number of nitrogens with two attached hydrogens (primary N) is 2. The Kier molecular flexibility index (Phi) is 21.6. The Morgan fingerprint density at radius 2 is 1.68 bits per heavy atom. The van der Waals surface area contributed by atoms with Gasteiger partial charge in [0.25, 0.3) is 0 Å². The van der Waals surface area contributed by atoms with Gasteiger partial charge in [-0.05, 0) is 19.3 Å². The number of rotatable bonds is 8. The van der Waals surface area contributed by atoms with Gasteiger partial charge >= 0.3 is 12.0 Å². The number of esters is 1. The summed E-state index contributed by atoms with van der Waals surface area (Å²) in [4.78, 5) is 40.4. The molecule has 0 fully saturated rings. The second kappa shape index (κ2) is 19.7. The summed E-state index contributed by atoms with van der Waals surface area (Å²) in [6.45, 7) is 9.83. The van der Waals surface area contributed by atoms with Gasteiger partial charge in [0.2, 0.25) is 12.3 Å². The Bertz CT molecular complexity index is 369. The van der Waals surface area contributed by atoms with E-state index in [0.29, 0.717) is 24.9 Å². The number of primary amides is 1. The van der Waals surface area contributed by atoms with E-state index < -0.39 is 17.9 Å². The van der Waals surface area contributed by atoms with Gasteiger partial charge in [-0.15, -0.1) is 0 Å². The molecule has 1 atom stereocenters. The molecule has 148 valence electrons. The first-order valence-corrected chi connectivity index (χ1v) is 7.94. The van der Waals surface area contributed by atoms with Crippen molar-refractivity contribution in [3.63, 3.8) is 0 Å². The van der Waals surface area contributed by atoms with Crippen LogP contribution in [0.1, 0.15) is 41.0 Å². The average Bonchev–Trinajstić information content (AvgIpc) is 2.51. The van der Waals surface area contributed by atoms with E-state index in [1.54, 1.807) is 0 Å². The molecular formula is C15H33N5O5. The van der Waals surface area contributed by atoms with Crippen LogP contribution >= 0.6 is 0 Å². The minimum Gasteiger partial charge on any atom is -0.445 e. The summed E-state index contributed by atoms with van der Waals surface area (Å²) in [7, 11) is 0. The van der Waals surface area contributed by atoms with Crippen LogP contribution < -0.4 is 27.4 Å². The van der Waals surface area contributed by atoms with Crippen molar-refractivity contribution < 1.29 is 23.9 Å². The van der Waals surface area contributed by atoms with Gasteiger partial charge in [-0.3, -0.25) is 14.4 Å². The van der Waals surface area contributed by atoms with Crippen molar-refractivity contribution in [2.75, 3.05) is 19.8 Å². The van der Waals surface area contributed by atoms with Gasteiger partial charge in [-0.25, -0.2) is 4.79 Å². The summed E-state index contributed by atoms with van der Waals surface area (Å²) >= 11 is 0. The van der Waals surface area contributed by atoms with Crippen molar-refractivity contribution in [3.05, 3.63) is 0 Å². The Labute approximate surface area is 149 Å². The van der Waals surface area contributed by atoms with Crippen LogP contribution in [0.4, 0.5) is 4.79 Å². The van der Waals surface area contributed by atoms with E-state index in [0.717, 1.165) is 6.42 Å². The number of hydrogen-bond acceptors (Lipinski definition) is 6. The van der Waals surface area contributed by atoms with E-state index in [2.05, 4.69) is 34.5 Å². The molecule has 0 rings (SSSR count). The van der Waals surface area contributed by atoms with Crippen molar-refractivity contribution in [3.8, 4) is 0 Å². The van der Waals surface area contributed by atoms with Gasteiger partial charge in [-0.2, -0.15) is 0 Å². The second-order valence-electron chi connectivity index (χ2n) is 5.27. The summed E-state index contributed by atoms with van der Waals surface area (Å²) < 4.78 is 4.41. The highest BCUT2D eigenvalue weighted by Crippen LogP contribution is 1.93. The molecule has 0 bridgehead atoms. The smallest absolute Gasteiger partial charge is 0.312 e. The Hall–Kier alpha value is -2.36. The van der Waals surface area contributed by atoms with E-state index in [9.17, 15) is 19.2 Å². The van der Waals surface area contributed by atoms with Crippen molar-refractivity contribution in [2.45, 2.75) is 47.1 Å². The number of amides is 4. The lowest BCUT2D eigenvalue weighted by molar-refractivity contribution is -0.142. The van der Waals surface area contributed by atoms with Gasteiger partial charge in [0.15, 0.2) is 6.73 Å². The number of carbonyl (C=O) groups excluding carboxylic acids is 4. The predicted octanol–water partition coefficient (Wildman–Crippen LogP) is -0.576. The van der Waals surface area contributed by atoms with Crippen LogP contribution in [0.5, 0.6) is 0 Å². The number of hydrogen-bond donors (Lipinski definition) is 5. The van der Waals surface area contributed by atoms with Crippen LogP contribution in [0.15, 0.2) is 0 Å². The molecule has 0 heterocycles. The molecule has 0 saturated heterocycles. The third-order valence-electron chi connectivity index (χ3n) is 2.49. The van der Waals surface area contributed by atoms with E-state index in [1.165, 1.54) is 6.92 Å². The first-order chi connectivity index (χ1) is 11.6. The monoisotopic (exact) mass is 363 g/mol. The first kappa shape index (κ1) is 27.5. The quantitative estimate of drug-likeness (QED) is 0.220. The molecule has 4 amide bonds. The zero-order valence-corrected chi connectivity index (χ0v) is 15.8. The van der Waals surface area contributed by atoms with E-state index in [4.69, 9.17) is 11.5 Å². The minimum atomic E-state index is -0.473. The Balaban J connectivity index is -0.000000317. The van der Waals surface area contributed by atoms with Gasteiger partial charge < -0.3 is 32.2 Å². The molecule has 0 aromatic carbocycles. The standard InChI is InChI=1S/C6H10N2O4.C5H13N.C4H10N2O/c1-5(10)12-4-8-6(11)2-7-3-9;1-4(2)5(3)6;1-2-3-6-4(5)7/h3H,2,4H2,1H3,(H,7,9)(H,8,11);4-5H,6H2,1-3H3;2-3H2,1H3,(H3,5,6,7). The number of nitrogens with one attached hydrogen (secondary N) is 3. The molecule has 25 heavy (non-hydrogen) atoms. The molecule has 7 N–H and O–H groups in total. The molecule has 0 aliphatic carbocycles. The highest BCUT2D eigenvalue weighted by atomic mass is 16.5. The molecule has 1 unspecified atom stereocenters. The van der Waals surface area contributed by atoms with Crippen LogP contribution in [0.3, 0.4) is 0 Å². The Morgan fingerprint density at radius 1 is 1.16 bits per heavy atom. The van der Waals surface area contributed by atoms with E-state index in [1.807, 2.05) is 13.8 Å². The fraction of sp³-hybridized carbons (Fsp3) is 0.733. The second-order valence-corrected chi connectivity index (χ2v) is 5.27. The first-order valence-electron chi connectivity index (χ1n) is 7.94. The number of carbonyl (C=O) groups is 4. The highest BCUT2D eigenvalue weighted by Gasteiger charge is 1.98. The SMILES string of the molecule is CC(=O)OCNC(=O)CNC=O.CC(C)C(C)N.CCCNC(N)=O. The molecule has 0 saturated carbocycles. The molecular weight excluding hydrogens is 330 g/mol. The maximum absolute atomic E-state index is 10.7. The van der Waals surface area contributed by atoms with Crippen molar-refractivity contribution >= 4 is 24.3 Å². The van der Waals surface area contributed by atoms with Gasteiger partial charge in [0, 0.05) is 19.5 Å². The summed E-state index contributed by atoms with van der Waals surface area (Å²) in [5.41, 5.74) is 10.2. The van der Waals surface area contributed by atoms with Crippen LogP contribution in [0.25, 0.3) is 0 Å². The summed E-state index contributed by atoms with van der Waals surface area (Å²) in [6.07, 6.45) is 1.34. The summed E-state index contributed by atoms with van der Waals surface area (Å²) in [5.74, 6) is -0.257. The largest absolute Gasteiger partial charge is 0.445 e. The molecule has 10 heteroatoms. The zero-order valence-electron chi connectivity index (χ0n) is 15.8. The van der Waals surface area contributed by atoms with Gasteiger partial charge in [-0.1, -0.05) is 20.8 Å². The molecule has 0 aliphatic heterocycles. The average molecular weight is 363 g/mol. The summed E-state index contributed by atoms with van der Waals surface area (Å²) in [6, 6.07) is -0.0909. The van der Waals surface area contributed by atoms with Crippen LogP contribution in [0.2, 0.25) is 0 Å². The molecule has 0 spiro atoms. The fourth-order valence-corrected chi connectivity index (χ4v) is 0.663. The normalized spacial score (nSPS) is 10.0. The zero-order chi connectivity index (χ0) is 20.3. The van der Waals surface area contributed by atoms with Gasteiger partial charge in [0.1, 0.15) is 0 Å². The third-order valence-corrected chi connectivity index (χ3v) is 2.49. The Morgan fingerprint density at radius 3 is 1.96 bits per heavy atom.